The van der Waals surface area contributed by atoms with Gasteiger partial charge in [-0.3, -0.25) is 4.98 Å². The Morgan fingerprint density at radius 3 is 2.79 bits per heavy atom. The van der Waals surface area contributed by atoms with Gasteiger partial charge in [0.05, 0.1) is 11.7 Å². The molecule has 0 saturated heterocycles. The van der Waals surface area contributed by atoms with Crippen molar-refractivity contribution >= 4 is 0 Å². The molecule has 1 unspecified atom stereocenters. The van der Waals surface area contributed by atoms with Crippen LogP contribution in [0.25, 0.3) is 0 Å². The van der Waals surface area contributed by atoms with Gasteiger partial charge in [0.1, 0.15) is 5.82 Å². The Morgan fingerprint density at radius 1 is 1.32 bits per heavy atom. The quantitative estimate of drug-likeness (QED) is 0.865. The van der Waals surface area contributed by atoms with Gasteiger partial charge in [0, 0.05) is 32.1 Å². The molecule has 0 spiro atoms. The average Bonchev–Trinajstić information content (AvgIpc) is 2.80. The Hall–Kier alpha value is -1.68. The van der Waals surface area contributed by atoms with Gasteiger partial charge in [-0.05, 0) is 37.6 Å². The standard InChI is InChI=1S/C15H22N4/c1-4-6-16-14(11-15-18-8-9-19(15)3)13-10-12(2)5-7-17-13/h5,7-10,14,16H,4,6,11H2,1-3H3. The zero-order valence-corrected chi connectivity index (χ0v) is 11.9. The van der Waals surface area contributed by atoms with E-state index in [-0.39, 0.29) is 6.04 Å². The van der Waals surface area contributed by atoms with Crippen molar-refractivity contribution in [3.63, 3.8) is 0 Å². The van der Waals surface area contributed by atoms with Crippen LogP contribution in [-0.2, 0) is 13.5 Å². The Labute approximate surface area is 114 Å². The molecule has 2 rings (SSSR count). The smallest absolute Gasteiger partial charge is 0.110 e. The normalized spacial score (nSPS) is 12.6. The number of hydrogen-bond acceptors (Lipinski definition) is 3. The highest BCUT2D eigenvalue weighted by atomic mass is 15.0. The Morgan fingerprint density at radius 2 is 2.16 bits per heavy atom. The highest BCUT2D eigenvalue weighted by molar-refractivity contribution is 5.18. The van der Waals surface area contributed by atoms with Gasteiger partial charge in [-0.2, -0.15) is 0 Å². The first kappa shape index (κ1) is 13.7. The summed E-state index contributed by atoms with van der Waals surface area (Å²) < 4.78 is 2.07. The van der Waals surface area contributed by atoms with Gasteiger partial charge in [0.2, 0.25) is 0 Å². The molecular weight excluding hydrogens is 236 g/mol. The summed E-state index contributed by atoms with van der Waals surface area (Å²) in [4.78, 5) is 8.91. The lowest BCUT2D eigenvalue weighted by atomic mass is 10.1. The molecule has 0 aromatic carbocycles. The number of hydrogen-bond donors (Lipinski definition) is 1. The molecule has 2 heterocycles. The summed E-state index contributed by atoms with van der Waals surface area (Å²) in [6.07, 6.45) is 7.68. The van der Waals surface area contributed by atoms with Gasteiger partial charge >= 0.3 is 0 Å². The molecule has 0 aliphatic carbocycles. The number of aromatic nitrogens is 3. The summed E-state index contributed by atoms with van der Waals surface area (Å²) >= 11 is 0. The fraction of sp³-hybridized carbons (Fsp3) is 0.467. The third-order valence-electron chi connectivity index (χ3n) is 3.24. The Balaban J connectivity index is 2.18. The molecule has 0 aliphatic heterocycles. The lowest BCUT2D eigenvalue weighted by molar-refractivity contribution is 0.501. The second-order valence-electron chi connectivity index (χ2n) is 4.92. The maximum Gasteiger partial charge on any atom is 0.110 e. The van der Waals surface area contributed by atoms with Crippen molar-refractivity contribution in [1.29, 1.82) is 0 Å². The number of rotatable bonds is 6. The van der Waals surface area contributed by atoms with Gasteiger partial charge in [-0.1, -0.05) is 6.92 Å². The molecular formula is C15H22N4. The summed E-state index contributed by atoms with van der Waals surface area (Å²) in [6.45, 7) is 5.27. The van der Waals surface area contributed by atoms with E-state index in [2.05, 4.69) is 39.8 Å². The maximum absolute atomic E-state index is 4.50. The first-order valence-electron chi connectivity index (χ1n) is 6.83. The van der Waals surface area contributed by atoms with Gasteiger partial charge in [-0.15, -0.1) is 0 Å². The van der Waals surface area contributed by atoms with Gasteiger partial charge in [0.25, 0.3) is 0 Å². The molecule has 0 bridgehead atoms. The van der Waals surface area contributed by atoms with Crippen molar-refractivity contribution in [1.82, 2.24) is 19.9 Å². The van der Waals surface area contributed by atoms with Crippen molar-refractivity contribution < 1.29 is 0 Å². The van der Waals surface area contributed by atoms with E-state index in [0.717, 1.165) is 30.9 Å². The zero-order valence-electron chi connectivity index (χ0n) is 11.9. The van der Waals surface area contributed by atoms with Crippen LogP contribution < -0.4 is 5.32 Å². The Bertz CT molecular complexity index is 518. The van der Waals surface area contributed by atoms with Crippen molar-refractivity contribution in [2.24, 2.45) is 7.05 Å². The number of pyridine rings is 1. The molecule has 2 aromatic rings. The lowest BCUT2D eigenvalue weighted by Gasteiger charge is -2.18. The topological polar surface area (TPSA) is 42.7 Å². The van der Waals surface area contributed by atoms with Crippen molar-refractivity contribution in [2.75, 3.05) is 6.54 Å². The molecule has 0 fully saturated rings. The molecule has 102 valence electrons. The Kier molecular flexibility index (Phi) is 4.68. The average molecular weight is 258 g/mol. The number of nitrogens with one attached hydrogen (secondary N) is 1. The van der Waals surface area contributed by atoms with E-state index in [1.54, 1.807) is 0 Å². The van der Waals surface area contributed by atoms with Gasteiger partial charge in [-0.25, -0.2) is 4.98 Å². The molecule has 19 heavy (non-hydrogen) atoms. The summed E-state index contributed by atoms with van der Waals surface area (Å²) in [5, 5.41) is 3.56. The van der Waals surface area contributed by atoms with Crippen LogP contribution in [0.15, 0.2) is 30.7 Å². The van der Waals surface area contributed by atoms with Crippen LogP contribution in [0.5, 0.6) is 0 Å². The zero-order chi connectivity index (χ0) is 13.7. The second kappa shape index (κ2) is 6.48. The molecule has 0 saturated carbocycles. The predicted octanol–water partition coefficient (Wildman–Crippen LogP) is 2.41. The van der Waals surface area contributed by atoms with Crippen molar-refractivity contribution in [3.8, 4) is 0 Å². The molecule has 1 N–H and O–H groups in total. The SMILES string of the molecule is CCCNC(Cc1nccn1C)c1cc(C)ccn1. The number of aryl methyl sites for hydroxylation is 2. The van der Waals surface area contributed by atoms with E-state index in [0.29, 0.717) is 0 Å². The van der Waals surface area contributed by atoms with E-state index in [9.17, 15) is 0 Å². The second-order valence-corrected chi connectivity index (χ2v) is 4.92. The number of nitrogens with zero attached hydrogens (tertiary/aromatic N) is 3. The maximum atomic E-state index is 4.50. The van der Waals surface area contributed by atoms with E-state index < -0.39 is 0 Å². The van der Waals surface area contributed by atoms with E-state index in [1.165, 1.54) is 5.56 Å². The summed E-state index contributed by atoms with van der Waals surface area (Å²) in [5.74, 6) is 1.08. The minimum atomic E-state index is 0.223. The lowest BCUT2D eigenvalue weighted by Crippen LogP contribution is -2.26. The van der Waals surface area contributed by atoms with Crippen molar-refractivity contribution in [2.45, 2.75) is 32.7 Å². The van der Waals surface area contributed by atoms with Crippen LogP contribution in [0.1, 0.15) is 36.5 Å². The summed E-state index contributed by atoms with van der Waals surface area (Å²) in [6, 6.07) is 4.40. The van der Waals surface area contributed by atoms with Crippen LogP contribution in [0.3, 0.4) is 0 Å². The fourth-order valence-electron chi connectivity index (χ4n) is 2.13. The highest BCUT2D eigenvalue weighted by Gasteiger charge is 2.15. The molecule has 4 heteroatoms. The predicted molar refractivity (Wildman–Crippen MR) is 76.9 cm³/mol. The fourth-order valence-corrected chi connectivity index (χ4v) is 2.13. The highest BCUT2D eigenvalue weighted by Crippen LogP contribution is 2.16. The van der Waals surface area contributed by atoms with Crippen LogP contribution >= 0.6 is 0 Å². The number of imidazole rings is 1. The summed E-state index contributed by atoms with van der Waals surface area (Å²) in [7, 11) is 2.03. The third kappa shape index (κ3) is 3.64. The largest absolute Gasteiger partial charge is 0.338 e. The minimum Gasteiger partial charge on any atom is -0.338 e. The molecule has 0 radical (unpaired) electrons. The molecule has 0 aliphatic rings. The van der Waals surface area contributed by atoms with E-state index in [4.69, 9.17) is 0 Å². The van der Waals surface area contributed by atoms with Crippen molar-refractivity contribution in [3.05, 3.63) is 47.8 Å². The van der Waals surface area contributed by atoms with E-state index >= 15 is 0 Å². The molecule has 4 nitrogen and oxygen atoms in total. The van der Waals surface area contributed by atoms with Crippen LogP contribution in [0.4, 0.5) is 0 Å². The first-order chi connectivity index (χ1) is 9.20. The van der Waals surface area contributed by atoms with Crippen LogP contribution in [0, 0.1) is 6.92 Å². The van der Waals surface area contributed by atoms with Crippen LogP contribution in [0.2, 0.25) is 0 Å². The summed E-state index contributed by atoms with van der Waals surface area (Å²) in [5.41, 5.74) is 2.34. The minimum absolute atomic E-state index is 0.223. The van der Waals surface area contributed by atoms with Gasteiger partial charge in [0.15, 0.2) is 0 Å². The molecule has 1 atom stereocenters. The third-order valence-corrected chi connectivity index (χ3v) is 3.24. The van der Waals surface area contributed by atoms with Crippen LogP contribution in [-0.4, -0.2) is 21.1 Å². The molecule has 2 aromatic heterocycles. The van der Waals surface area contributed by atoms with E-state index in [1.807, 2.05) is 31.7 Å². The monoisotopic (exact) mass is 258 g/mol. The first-order valence-corrected chi connectivity index (χ1v) is 6.83. The molecule has 0 amide bonds. The van der Waals surface area contributed by atoms with Gasteiger partial charge < -0.3 is 9.88 Å².